The summed E-state index contributed by atoms with van der Waals surface area (Å²) in [7, 11) is 0. The van der Waals surface area contributed by atoms with E-state index in [9.17, 15) is 4.79 Å². The molecule has 0 aliphatic rings. The number of unbranched alkanes of at least 4 members (excludes halogenated alkanes) is 1. The van der Waals surface area contributed by atoms with Gasteiger partial charge in [-0.25, -0.2) is 0 Å². The molecule has 134 valence electrons. The molecule has 0 fully saturated rings. The maximum atomic E-state index is 12.3. The summed E-state index contributed by atoms with van der Waals surface area (Å²) in [4.78, 5) is 12.3. The first-order valence-electron chi connectivity index (χ1n) is 8.42. The lowest BCUT2D eigenvalue weighted by Crippen LogP contribution is -2.11. The van der Waals surface area contributed by atoms with Gasteiger partial charge in [-0.1, -0.05) is 30.1 Å². The van der Waals surface area contributed by atoms with E-state index in [1.54, 1.807) is 30.3 Å². The van der Waals surface area contributed by atoms with Crippen molar-refractivity contribution in [1.82, 2.24) is 5.16 Å². The van der Waals surface area contributed by atoms with E-state index in [-0.39, 0.29) is 11.6 Å². The third-order valence-electron chi connectivity index (χ3n) is 3.75. The third kappa shape index (κ3) is 4.64. The van der Waals surface area contributed by atoms with Crippen molar-refractivity contribution in [1.29, 1.82) is 0 Å². The van der Waals surface area contributed by atoms with E-state index >= 15 is 0 Å². The van der Waals surface area contributed by atoms with Gasteiger partial charge >= 0.3 is 0 Å². The molecule has 0 unspecified atom stereocenters. The molecule has 0 saturated carbocycles. The van der Waals surface area contributed by atoms with Crippen LogP contribution in [0.3, 0.4) is 0 Å². The van der Waals surface area contributed by atoms with Crippen LogP contribution in [0, 0.1) is 0 Å². The van der Waals surface area contributed by atoms with Gasteiger partial charge in [-0.2, -0.15) is 0 Å². The summed E-state index contributed by atoms with van der Waals surface area (Å²) in [5.41, 5.74) is 1.67. The summed E-state index contributed by atoms with van der Waals surface area (Å²) in [6, 6.07) is 16.0. The predicted molar refractivity (Wildman–Crippen MR) is 102 cm³/mol. The van der Waals surface area contributed by atoms with Crippen molar-refractivity contribution in [2.24, 2.45) is 0 Å². The number of hydrogen-bond donors (Lipinski definition) is 1. The molecule has 2 aromatic carbocycles. The fourth-order valence-corrected chi connectivity index (χ4v) is 2.42. The van der Waals surface area contributed by atoms with Crippen LogP contribution in [-0.2, 0) is 0 Å². The standard InChI is InChI=1S/C20H19ClN2O3/c1-2-3-12-25-17-10-4-14(5-11-17)19-13-18(23-26-19)20(24)22-16-8-6-15(21)7-9-16/h4-11,13H,2-3,12H2,1H3,(H,22,24). The molecular weight excluding hydrogens is 352 g/mol. The maximum Gasteiger partial charge on any atom is 0.277 e. The molecular formula is C20H19ClN2O3. The number of benzene rings is 2. The van der Waals surface area contributed by atoms with E-state index in [1.807, 2.05) is 24.3 Å². The highest BCUT2D eigenvalue weighted by molar-refractivity contribution is 6.30. The van der Waals surface area contributed by atoms with Crippen LogP contribution in [0.1, 0.15) is 30.3 Å². The Morgan fingerprint density at radius 1 is 1.15 bits per heavy atom. The molecule has 0 radical (unpaired) electrons. The number of nitrogens with one attached hydrogen (secondary N) is 1. The monoisotopic (exact) mass is 370 g/mol. The molecule has 6 heteroatoms. The molecule has 1 N–H and O–H groups in total. The second kappa shape index (κ2) is 8.54. The average molecular weight is 371 g/mol. The normalized spacial score (nSPS) is 10.5. The number of anilines is 1. The van der Waals surface area contributed by atoms with Crippen LogP contribution < -0.4 is 10.1 Å². The van der Waals surface area contributed by atoms with E-state index in [0.717, 1.165) is 24.2 Å². The van der Waals surface area contributed by atoms with Gasteiger partial charge in [0.05, 0.1) is 6.61 Å². The molecule has 3 rings (SSSR count). The van der Waals surface area contributed by atoms with Crippen molar-refractivity contribution >= 4 is 23.2 Å². The molecule has 3 aromatic rings. The Bertz CT molecular complexity index is 858. The van der Waals surface area contributed by atoms with Crippen LogP contribution in [-0.4, -0.2) is 17.7 Å². The number of ether oxygens (including phenoxy) is 1. The van der Waals surface area contributed by atoms with Gasteiger partial charge in [-0.3, -0.25) is 4.79 Å². The summed E-state index contributed by atoms with van der Waals surface area (Å²) in [5, 5.41) is 7.20. The first-order chi connectivity index (χ1) is 12.7. The third-order valence-corrected chi connectivity index (χ3v) is 4.00. The number of halogens is 1. The van der Waals surface area contributed by atoms with E-state index in [0.29, 0.717) is 23.1 Å². The minimum Gasteiger partial charge on any atom is -0.494 e. The highest BCUT2D eigenvalue weighted by Crippen LogP contribution is 2.24. The predicted octanol–water partition coefficient (Wildman–Crippen LogP) is 5.43. The smallest absolute Gasteiger partial charge is 0.277 e. The number of amides is 1. The molecule has 0 aliphatic carbocycles. The van der Waals surface area contributed by atoms with Crippen LogP contribution in [0.15, 0.2) is 59.1 Å². The lowest BCUT2D eigenvalue weighted by molar-refractivity contribution is 0.101. The highest BCUT2D eigenvalue weighted by Gasteiger charge is 2.14. The highest BCUT2D eigenvalue weighted by atomic mass is 35.5. The minimum atomic E-state index is -0.346. The summed E-state index contributed by atoms with van der Waals surface area (Å²) >= 11 is 5.83. The fourth-order valence-electron chi connectivity index (χ4n) is 2.30. The number of carbonyl (C=O) groups is 1. The van der Waals surface area contributed by atoms with Gasteiger partial charge in [0.25, 0.3) is 5.91 Å². The number of nitrogens with zero attached hydrogens (tertiary/aromatic N) is 1. The van der Waals surface area contributed by atoms with Gasteiger partial charge in [-0.05, 0) is 55.0 Å². The first kappa shape index (κ1) is 18.0. The van der Waals surface area contributed by atoms with Crippen molar-refractivity contribution in [3.63, 3.8) is 0 Å². The Morgan fingerprint density at radius 2 is 1.88 bits per heavy atom. The lowest BCUT2D eigenvalue weighted by Gasteiger charge is -2.05. The zero-order chi connectivity index (χ0) is 18.4. The van der Waals surface area contributed by atoms with Crippen LogP contribution in [0.5, 0.6) is 5.75 Å². The summed E-state index contributed by atoms with van der Waals surface area (Å²) < 4.78 is 10.9. The van der Waals surface area contributed by atoms with Crippen molar-refractivity contribution in [3.05, 3.63) is 65.3 Å². The van der Waals surface area contributed by atoms with Gasteiger partial charge in [0.2, 0.25) is 0 Å². The van der Waals surface area contributed by atoms with E-state index in [2.05, 4.69) is 17.4 Å². The van der Waals surface area contributed by atoms with Gasteiger partial charge in [-0.15, -0.1) is 0 Å². The molecule has 0 bridgehead atoms. The Balaban J connectivity index is 1.65. The fraction of sp³-hybridized carbons (Fsp3) is 0.200. The van der Waals surface area contributed by atoms with Crippen molar-refractivity contribution in [3.8, 4) is 17.1 Å². The first-order valence-corrected chi connectivity index (χ1v) is 8.80. The molecule has 0 atom stereocenters. The Labute approximate surface area is 156 Å². The van der Waals surface area contributed by atoms with E-state index in [4.69, 9.17) is 20.9 Å². The van der Waals surface area contributed by atoms with Gasteiger partial charge < -0.3 is 14.6 Å². The zero-order valence-electron chi connectivity index (χ0n) is 14.4. The minimum absolute atomic E-state index is 0.207. The largest absolute Gasteiger partial charge is 0.494 e. The Hall–Kier alpha value is -2.79. The number of rotatable bonds is 7. The maximum absolute atomic E-state index is 12.3. The summed E-state index contributed by atoms with van der Waals surface area (Å²) in [5.74, 6) is 0.982. The van der Waals surface area contributed by atoms with Crippen molar-refractivity contribution < 1.29 is 14.1 Å². The molecule has 1 amide bonds. The summed E-state index contributed by atoms with van der Waals surface area (Å²) in [6.07, 6.45) is 2.12. The Morgan fingerprint density at radius 3 is 2.58 bits per heavy atom. The van der Waals surface area contributed by atoms with Gasteiger partial charge in [0.15, 0.2) is 11.5 Å². The molecule has 0 aliphatic heterocycles. The van der Waals surface area contributed by atoms with Crippen molar-refractivity contribution in [2.75, 3.05) is 11.9 Å². The van der Waals surface area contributed by atoms with Crippen LogP contribution in [0.25, 0.3) is 11.3 Å². The SMILES string of the molecule is CCCCOc1ccc(-c2cc(C(=O)Nc3ccc(Cl)cc3)no2)cc1. The average Bonchev–Trinajstić information content (AvgIpc) is 3.15. The quantitative estimate of drug-likeness (QED) is 0.563. The van der Waals surface area contributed by atoms with Crippen LogP contribution in [0.2, 0.25) is 5.02 Å². The molecule has 0 spiro atoms. The number of aromatic nitrogens is 1. The van der Waals surface area contributed by atoms with E-state index in [1.165, 1.54) is 0 Å². The lowest BCUT2D eigenvalue weighted by atomic mass is 10.1. The zero-order valence-corrected chi connectivity index (χ0v) is 15.1. The van der Waals surface area contributed by atoms with Gasteiger partial charge in [0, 0.05) is 22.3 Å². The molecule has 1 aromatic heterocycles. The van der Waals surface area contributed by atoms with Gasteiger partial charge in [0.1, 0.15) is 5.75 Å². The van der Waals surface area contributed by atoms with Crippen LogP contribution >= 0.6 is 11.6 Å². The van der Waals surface area contributed by atoms with Crippen LogP contribution in [0.4, 0.5) is 5.69 Å². The Kier molecular flexibility index (Phi) is 5.92. The molecule has 26 heavy (non-hydrogen) atoms. The van der Waals surface area contributed by atoms with E-state index < -0.39 is 0 Å². The summed E-state index contributed by atoms with van der Waals surface area (Å²) in [6.45, 7) is 2.82. The molecule has 1 heterocycles. The van der Waals surface area contributed by atoms with Crippen molar-refractivity contribution in [2.45, 2.75) is 19.8 Å². The second-order valence-corrected chi connectivity index (χ2v) is 6.20. The number of hydrogen-bond acceptors (Lipinski definition) is 4. The molecule has 5 nitrogen and oxygen atoms in total. The molecule has 0 saturated heterocycles. The number of carbonyl (C=O) groups excluding carboxylic acids is 1. The second-order valence-electron chi connectivity index (χ2n) is 5.76. The topological polar surface area (TPSA) is 64.4 Å².